The van der Waals surface area contributed by atoms with Gasteiger partial charge in [0.15, 0.2) is 0 Å². The van der Waals surface area contributed by atoms with Gasteiger partial charge in [0.1, 0.15) is 17.3 Å². The molecule has 0 spiro atoms. The van der Waals surface area contributed by atoms with Gasteiger partial charge in [-0.25, -0.2) is 13.7 Å². The van der Waals surface area contributed by atoms with Crippen molar-refractivity contribution in [2.45, 2.75) is 6.92 Å². The molecule has 0 aliphatic carbocycles. The highest BCUT2D eigenvalue weighted by Gasteiger charge is 2.41. The summed E-state index contributed by atoms with van der Waals surface area (Å²) in [5.41, 5.74) is 1.98. The van der Waals surface area contributed by atoms with Crippen LogP contribution < -0.4 is 10.2 Å². The molecular weight excluding hydrogens is 374 g/mol. The fourth-order valence-corrected chi connectivity index (χ4v) is 3.27. The van der Waals surface area contributed by atoms with E-state index in [1.165, 1.54) is 0 Å². The van der Waals surface area contributed by atoms with Crippen LogP contribution in [-0.4, -0.2) is 11.8 Å². The number of aryl methyl sites for hydroxylation is 1. The van der Waals surface area contributed by atoms with Crippen molar-refractivity contribution in [3.8, 4) is 0 Å². The van der Waals surface area contributed by atoms with Crippen LogP contribution in [0.15, 0.2) is 78.5 Å². The summed E-state index contributed by atoms with van der Waals surface area (Å²) in [7, 11) is 0. The lowest BCUT2D eigenvalue weighted by molar-refractivity contribution is -0.120. The van der Waals surface area contributed by atoms with Gasteiger partial charge in [-0.3, -0.25) is 9.59 Å². The summed E-state index contributed by atoms with van der Waals surface area (Å²) in [4.78, 5) is 27.1. The SMILES string of the molecule is Cc1cccc(NC2=C(c3ccccc3)C(=O)N(c3ccc(F)cc3F)C2=O)c1. The Morgan fingerprint density at radius 1 is 0.828 bits per heavy atom. The lowest BCUT2D eigenvalue weighted by atomic mass is 10.0. The molecular formula is C23H16F2N2O2. The number of carbonyl (C=O) groups is 2. The van der Waals surface area contributed by atoms with E-state index in [-0.39, 0.29) is 17.0 Å². The van der Waals surface area contributed by atoms with Gasteiger partial charge in [-0.05, 0) is 42.3 Å². The van der Waals surface area contributed by atoms with E-state index in [0.29, 0.717) is 17.3 Å². The Balaban J connectivity index is 1.84. The molecule has 1 heterocycles. The smallest absolute Gasteiger partial charge is 0.282 e. The number of imide groups is 1. The van der Waals surface area contributed by atoms with Crippen molar-refractivity contribution in [1.82, 2.24) is 0 Å². The van der Waals surface area contributed by atoms with E-state index in [2.05, 4.69) is 5.32 Å². The zero-order valence-corrected chi connectivity index (χ0v) is 15.4. The van der Waals surface area contributed by atoms with Gasteiger partial charge in [0.25, 0.3) is 11.8 Å². The van der Waals surface area contributed by atoms with E-state index in [9.17, 15) is 18.4 Å². The molecule has 0 fully saturated rings. The highest BCUT2D eigenvalue weighted by molar-refractivity contribution is 6.46. The molecule has 0 aromatic heterocycles. The maximum Gasteiger partial charge on any atom is 0.282 e. The van der Waals surface area contributed by atoms with Crippen LogP contribution in [-0.2, 0) is 9.59 Å². The zero-order valence-electron chi connectivity index (χ0n) is 15.4. The number of hydrogen-bond donors (Lipinski definition) is 1. The summed E-state index contributed by atoms with van der Waals surface area (Å²) in [5.74, 6) is -3.17. The van der Waals surface area contributed by atoms with E-state index in [1.807, 2.05) is 25.1 Å². The predicted molar refractivity (Wildman–Crippen MR) is 107 cm³/mol. The minimum Gasteiger partial charge on any atom is -0.350 e. The average Bonchev–Trinajstić information content (AvgIpc) is 2.93. The molecule has 4 rings (SSSR count). The van der Waals surface area contributed by atoms with E-state index in [4.69, 9.17) is 0 Å². The minimum absolute atomic E-state index is 0.0375. The molecule has 1 aliphatic heterocycles. The topological polar surface area (TPSA) is 49.4 Å². The lowest BCUT2D eigenvalue weighted by Crippen LogP contribution is -2.33. The number of nitrogens with one attached hydrogen (secondary N) is 1. The van der Waals surface area contributed by atoms with Crippen LogP contribution in [0.25, 0.3) is 5.57 Å². The second-order valence-corrected chi connectivity index (χ2v) is 6.65. The number of anilines is 2. The van der Waals surface area contributed by atoms with Crippen LogP contribution in [0.2, 0.25) is 0 Å². The van der Waals surface area contributed by atoms with Gasteiger partial charge >= 0.3 is 0 Å². The maximum atomic E-state index is 14.4. The van der Waals surface area contributed by atoms with Crippen molar-refractivity contribution in [3.05, 3.63) is 101 Å². The number of carbonyl (C=O) groups excluding carboxylic acids is 2. The number of rotatable bonds is 4. The van der Waals surface area contributed by atoms with Crippen molar-refractivity contribution >= 4 is 28.8 Å². The summed E-state index contributed by atoms with van der Waals surface area (Å²) in [6, 6.07) is 18.7. The third kappa shape index (κ3) is 3.40. The van der Waals surface area contributed by atoms with Crippen LogP contribution >= 0.6 is 0 Å². The molecule has 6 heteroatoms. The van der Waals surface area contributed by atoms with Gasteiger partial charge in [-0.2, -0.15) is 0 Å². The Bertz CT molecular complexity index is 1160. The van der Waals surface area contributed by atoms with Gasteiger partial charge in [0.05, 0.1) is 11.3 Å². The molecule has 3 aromatic rings. The summed E-state index contributed by atoms with van der Waals surface area (Å²) in [5, 5.41) is 3.01. The first-order chi connectivity index (χ1) is 14.0. The molecule has 0 saturated heterocycles. The third-order valence-electron chi connectivity index (χ3n) is 4.58. The maximum absolute atomic E-state index is 14.4. The summed E-state index contributed by atoms with van der Waals surface area (Å²) < 4.78 is 27.7. The van der Waals surface area contributed by atoms with Crippen LogP contribution in [0, 0.1) is 18.6 Å². The van der Waals surface area contributed by atoms with Crippen LogP contribution in [0.3, 0.4) is 0 Å². The zero-order chi connectivity index (χ0) is 20.5. The Kier molecular flexibility index (Phi) is 4.68. The fraction of sp³-hybridized carbons (Fsp3) is 0.0435. The number of hydrogen-bond acceptors (Lipinski definition) is 3. The predicted octanol–water partition coefficient (Wildman–Crippen LogP) is 4.67. The van der Waals surface area contributed by atoms with E-state index in [0.717, 1.165) is 22.6 Å². The van der Waals surface area contributed by atoms with Gasteiger partial charge < -0.3 is 5.32 Å². The van der Waals surface area contributed by atoms with Crippen molar-refractivity contribution in [2.24, 2.45) is 0 Å². The van der Waals surface area contributed by atoms with Gasteiger partial charge in [-0.15, -0.1) is 0 Å². The molecule has 0 unspecified atom stereocenters. The van der Waals surface area contributed by atoms with Crippen LogP contribution in [0.1, 0.15) is 11.1 Å². The molecule has 1 aliphatic rings. The molecule has 4 nitrogen and oxygen atoms in total. The normalized spacial score (nSPS) is 14.0. The van der Waals surface area contributed by atoms with E-state index >= 15 is 0 Å². The molecule has 2 amide bonds. The molecule has 29 heavy (non-hydrogen) atoms. The van der Waals surface area contributed by atoms with Crippen LogP contribution in [0.4, 0.5) is 20.2 Å². The molecule has 0 radical (unpaired) electrons. The minimum atomic E-state index is -0.990. The fourth-order valence-electron chi connectivity index (χ4n) is 3.27. The highest BCUT2D eigenvalue weighted by atomic mass is 19.1. The van der Waals surface area contributed by atoms with Crippen molar-refractivity contribution < 1.29 is 18.4 Å². The first-order valence-electron chi connectivity index (χ1n) is 8.93. The number of halogens is 2. The van der Waals surface area contributed by atoms with Crippen molar-refractivity contribution in [2.75, 3.05) is 10.2 Å². The van der Waals surface area contributed by atoms with Gasteiger partial charge in [0.2, 0.25) is 0 Å². The molecule has 0 saturated carbocycles. The standard InChI is InChI=1S/C23H16F2N2O2/c1-14-6-5-9-17(12-14)26-21-20(15-7-3-2-4-8-15)22(28)27(23(21)29)19-11-10-16(24)13-18(19)25/h2-13,26H,1H3. The summed E-state index contributed by atoms with van der Waals surface area (Å²) in [6.07, 6.45) is 0. The first kappa shape index (κ1) is 18.6. The van der Waals surface area contributed by atoms with Gasteiger partial charge in [-0.1, -0.05) is 42.5 Å². The molecule has 0 bridgehead atoms. The second-order valence-electron chi connectivity index (χ2n) is 6.65. The van der Waals surface area contributed by atoms with Gasteiger partial charge in [0, 0.05) is 11.8 Å². The Morgan fingerprint density at radius 3 is 2.28 bits per heavy atom. The number of nitrogens with zero attached hydrogens (tertiary/aromatic N) is 1. The second kappa shape index (κ2) is 7.31. The monoisotopic (exact) mass is 390 g/mol. The largest absolute Gasteiger partial charge is 0.350 e. The Hall–Kier alpha value is -3.80. The number of amides is 2. The molecule has 1 N–H and O–H groups in total. The quantitative estimate of drug-likeness (QED) is 0.659. The Morgan fingerprint density at radius 2 is 1.59 bits per heavy atom. The molecule has 144 valence electrons. The Labute approximate surface area is 166 Å². The highest BCUT2D eigenvalue weighted by Crippen LogP contribution is 2.35. The first-order valence-corrected chi connectivity index (χ1v) is 8.93. The van der Waals surface area contributed by atoms with Crippen LogP contribution in [0.5, 0.6) is 0 Å². The third-order valence-corrected chi connectivity index (χ3v) is 4.58. The lowest BCUT2D eigenvalue weighted by Gasteiger charge is -2.16. The average molecular weight is 390 g/mol. The van der Waals surface area contributed by atoms with E-state index < -0.39 is 23.4 Å². The van der Waals surface area contributed by atoms with E-state index in [1.54, 1.807) is 36.4 Å². The number of benzene rings is 3. The van der Waals surface area contributed by atoms with Crippen molar-refractivity contribution in [3.63, 3.8) is 0 Å². The molecule has 3 aromatic carbocycles. The molecule has 0 atom stereocenters. The van der Waals surface area contributed by atoms with Crippen molar-refractivity contribution in [1.29, 1.82) is 0 Å². The summed E-state index contributed by atoms with van der Waals surface area (Å²) in [6.45, 7) is 1.90. The summed E-state index contributed by atoms with van der Waals surface area (Å²) >= 11 is 0.